The van der Waals surface area contributed by atoms with Gasteiger partial charge in [0, 0.05) is 18.4 Å². The Morgan fingerprint density at radius 1 is 1.47 bits per heavy atom. The quantitative estimate of drug-likeness (QED) is 0.773. The third-order valence-electron chi connectivity index (χ3n) is 3.01. The number of rotatable bonds is 3. The van der Waals surface area contributed by atoms with Crippen molar-refractivity contribution in [2.24, 2.45) is 5.92 Å². The van der Waals surface area contributed by atoms with Crippen LogP contribution < -0.4 is 9.64 Å². The molecule has 1 aromatic rings. The van der Waals surface area contributed by atoms with E-state index in [4.69, 9.17) is 4.74 Å². The Hall–Kier alpha value is -0.360. The van der Waals surface area contributed by atoms with E-state index < -0.39 is 0 Å². The number of hydrogen-bond donors (Lipinski definition) is 0. The van der Waals surface area contributed by atoms with Gasteiger partial charge in [0.2, 0.25) is 11.8 Å². The lowest BCUT2D eigenvalue weighted by molar-refractivity contribution is 0.391. The standard InChI is InChI=1S/C11H15Br2N3O/c1-17-10-9(13)7-14-11(15-10)16-4-2-8(6-12)3-5-16/h7-8H,2-6H2,1H3. The molecule has 1 saturated heterocycles. The van der Waals surface area contributed by atoms with Gasteiger partial charge < -0.3 is 9.64 Å². The van der Waals surface area contributed by atoms with Crippen LogP contribution in [0.25, 0.3) is 0 Å². The molecule has 0 saturated carbocycles. The van der Waals surface area contributed by atoms with Gasteiger partial charge in [0.05, 0.1) is 17.8 Å². The average Bonchev–Trinajstić information content (AvgIpc) is 2.39. The summed E-state index contributed by atoms with van der Waals surface area (Å²) in [5.41, 5.74) is 0. The van der Waals surface area contributed by atoms with Crippen molar-refractivity contribution in [2.45, 2.75) is 12.8 Å². The maximum Gasteiger partial charge on any atom is 0.232 e. The first-order chi connectivity index (χ1) is 8.24. The van der Waals surface area contributed by atoms with Gasteiger partial charge in [0.15, 0.2) is 0 Å². The third-order valence-corrected chi connectivity index (χ3v) is 4.47. The van der Waals surface area contributed by atoms with Crippen LogP contribution in [0.15, 0.2) is 10.7 Å². The SMILES string of the molecule is COc1nc(N2CCC(CBr)CC2)ncc1Br. The van der Waals surface area contributed by atoms with Crippen molar-refractivity contribution < 1.29 is 4.74 Å². The van der Waals surface area contributed by atoms with E-state index in [1.165, 1.54) is 12.8 Å². The van der Waals surface area contributed by atoms with Gasteiger partial charge in [-0.3, -0.25) is 0 Å². The average molecular weight is 365 g/mol. The second-order valence-corrected chi connectivity index (χ2v) is 5.61. The summed E-state index contributed by atoms with van der Waals surface area (Å²) in [7, 11) is 1.62. The molecule has 6 heteroatoms. The second-order valence-electron chi connectivity index (χ2n) is 4.11. The highest BCUT2D eigenvalue weighted by molar-refractivity contribution is 9.10. The summed E-state index contributed by atoms with van der Waals surface area (Å²) in [6.45, 7) is 2.03. The smallest absolute Gasteiger partial charge is 0.232 e. The van der Waals surface area contributed by atoms with Crippen molar-refractivity contribution in [1.82, 2.24) is 9.97 Å². The molecule has 4 nitrogen and oxygen atoms in total. The first-order valence-electron chi connectivity index (χ1n) is 5.62. The monoisotopic (exact) mass is 363 g/mol. The molecule has 2 heterocycles. The van der Waals surface area contributed by atoms with Gasteiger partial charge in [-0.25, -0.2) is 4.98 Å². The maximum atomic E-state index is 5.19. The minimum absolute atomic E-state index is 0.595. The molecule has 0 unspecified atom stereocenters. The summed E-state index contributed by atoms with van der Waals surface area (Å²) in [5.74, 6) is 2.14. The first-order valence-corrected chi connectivity index (χ1v) is 7.53. The molecular formula is C11H15Br2N3O. The fourth-order valence-electron chi connectivity index (χ4n) is 1.93. The summed E-state index contributed by atoms with van der Waals surface area (Å²) in [4.78, 5) is 11.0. The van der Waals surface area contributed by atoms with Crippen LogP contribution >= 0.6 is 31.9 Å². The van der Waals surface area contributed by atoms with E-state index in [2.05, 4.69) is 46.7 Å². The number of piperidine rings is 1. The molecule has 1 fully saturated rings. The van der Waals surface area contributed by atoms with Crippen molar-refractivity contribution in [1.29, 1.82) is 0 Å². The van der Waals surface area contributed by atoms with Gasteiger partial charge >= 0.3 is 0 Å². The third kappa shape index (κ3) is 3.10. The van der Waals surface area contributed by atoms with Crippen LogP contribution in [-0.4, -0.2) is 35.5 Å². The van der Waals surface area contributed by atoms with Gasteiger partial charge in [-0.1, -0.05) is 15.9 Å². The van der Waals surface area contributed by atoms with Crippen molar-refractivity contribution in [2.75, 3.05) is 30.4 Å². The van der Waals surface area contributed by atoms with Crippen LogP contribution in [-0.2, 0) is 0 Å². The molecule has 0 atom stereocenters. The predicted octanol–water partition coefficient (Wildman–Crippen LogP) is 2.86. The van der Waals surface area contributed by atoms with Crippen molar-refractivity contribution in [3.63, 3.8) is 0 Å². The minimum Gasteiger partial charge on any atom is -0.480 e. The Bertz CT molecular complexity index is 381. The molecule has 17 heavy (non-hydrogen) atoms. The van der Waals surface area contributed by atoms with E-state index in [1.807, 2.05) is 0 Å². The maximum absolute atomic E-state index is 5.19. The summed E-state index contributed by atoms with van der Waals surface area (Å²) in [6, 6.07) is 0. The summed E-state index contributed by atoms with van der Waals surface area (Å²) < 4.78 is 5.98. The molecule has 0 bridgehead atoms. The number of ether oxygens (including phenoxy) is 1. The fourth-order valence-corrected chi connectivity index (χ4v) is 2.93. The lowest BCUT2D eigenvalue weighted by Gasteiger charge is -2.31. The van der Waals surface area contributed by atoms with E-state index in [1.54, 1.807) is 13.3 Å². The number of halogens is 2. The molecule has 94 valence electrons. The van der Waals surface area contributed by atoms with Gasteiger partial charge in [0.1, 0.15) is 0 Å². The van der Waals surface area contributed by atoms with Crippen LogP contribution in [0.3, 0.4) is 0 Å². The van der Waals surface area contributed by atoms with Crippen LogP contribution in [0.5, 0.6) is 5.88 Å². The highest BCUT2D eigenvalue weighted by Crippen LogP contribution is 2.26. The van der Waals surface area contributed by atoms with E-state index in [0.29, 0.717) is 5.88 Å². The molecular weight excluding hydrogens is 350 g/mol. The Labute approximate surface area is 118 Å². The topological polar surface area (TPSA) is 38.2 Å². The predicted molar refractivity (Wildman–Crippen MR) is 75.0 cm³/mol. The lowest BCUT2D eigenvalue weighted by Crippen LogP contribution is -2.35. The molecule has 1 aliphatic rings. The molecule has 1 aliphatic heterocycles. The van der Waals surface area contributed by atoms with Crippen LogP contribution in [0.1, 0.15) is 12.8 Å². The largest absolute Gasteiger partial charge is 0.480 e. The minimum atomic E-state index is 0.595. The Balaban J connectivity index is 2.08. The number of nitrogens with zero attached hydrogens (tertiary/aromatic N) is 3. The number of aromatic nitrogens is 2. The van der Waals surface area contributed by atoms with Gasteiger partial charge in [-0.2, -0.15) is 4.98 Å². The van der Waals surface area contributed by atoms with Gasteiger partial charge in [0.25, 0.3) is 0 Å². The molecule has 0 radical (unpaired) electrons. The molecule has 0 aliphatic carbocycles. The first kappa shape index (κ1) is 13.1. The number of methoxy groups -OCH3 is 1. The van der Waals surface area contributed by atoms with Crippen molar-refractivity contribution >= 4 is 37.8 Å². The zero-order valence-electron chi connectivity index (χ0n) is 9.70. The lowest BCUT2D eigenvalue weighted by atomic mass is 9.99. The molecule has 0 amide bonds. The summed E-state index contributed by atoms with van der Waals surface area (Å²) in [6.07, 6.45) is 4.12. The zero-order chi connectivity index (χ0) is 12.3. The fraction of sp³-hybridized carbons (Fsp3) is 0.636. The summed E-state index contributed by atoms with van der Waals surface area (Å²) in [5, 5.41) is 1.09. The van der Waals surface area contributed by atoms with Crippen LogP contribution in [0.4, 0.5) is 5.95 Å². The highest BCUT2D eigenvalue weighted by atomic mass is 79.9. The molecule has 1 aromatic heterocycles. The molecule has 0 N–H and O–H groups in total. The Morgan fingerprint density at radius 3 is 2.76 bits per heavy atom. The highest BCUT2D eigenvalue weighted by Gasteiger charge is 2.20. The Kier molecular flexibility index (Phi) is 4.62. The van der Waals surface area contributed by atoms with E-state index in [-0.39, 0.29) is 0 Å². The van der Waals surface area contributed by atoms with E-state index >= 15 is 0 Å². The van der Waals surface area contributed by atoms with Crippen LogP contribution in [0, 0.1) is 5.92 Å². The normalized spacial score (nSPS) is 17.2. The molecule has 2 rings (SSSR count). The van der Waals surface area contributed by atoms with Crippen molar-refractivity contribution in [3.05, 3.63) is 10.7 Å². The van der Waals surface area contributed by atoms with E-state index in [9.17, 15) is 0 Å². The van der Waals surface area contributed by atoms with Gasteiger partial charge in [-0.15, -0.1) is 0 Å². The van der Waals surface area contributed by atoms with Crippen molar-refractivity contribution in [3.8, 4) is 5.88 Å². The number of anilines is 1. The summed E-state index contributed by atoms with van der Waals surface area (Å²) >= 11 is 6.90. The number of alkyl halides is 1. The molecule has 0 aromatic carbocycles. The Morgan fingerprint density at radius 2 is 2.18 bits per heavy atom. The second kappa shape index (κ2) is 6.00. The van der Waals surface area contributed by atoms with Gasteiger partial charge in [-0.05, 0) is 34.7 Å². The zero-order valence-corrected chi connectivity index (χ0v) is 12.9. The van der Waals surface area contributed by atoms with E-state index in [0.717, 1.165) is 34.8 Å². The number of hydrogen-bond acceptors (Lipinski definition) is 4. The van der Waals surface area contributed by atoms with Crippen LogP contribution in [0.2, 0.25) is 0 Å². The molecule has 0 spiro atoms.